The molecule has 2 unspecified atom stereocenters. The number of aromatic carboxylic acids is 1. The van der Waals surface area contributed by atoms with E-state index in [0.29, 0.717) is 0 Å². The first-order chi connectivity index (χ1) is 11.2. The number of non-ortho nitro benzene ring substituents is 1. The molecular weight excluding hydrogens is 513 g/mol. The van der Waals surface area contributed by atoms with Gasteiger partial charge in [0.25, 0.3) is 5.69 Å². The van der Waals surface area contributed by atoms with Crippen LogP contribution in [-0.2, 0) is 32.3 Å². The molecule has 2 atom stereocenters. The van der Waals surface area contributed by atoms with E-state index in [4.69, 9.17) is 11.5 Å². The van der Waals surface area contributed by atoms with Crippen LogP contribution in [0, 0.1) is 10.1 Å². The predicted octanol–water partition coefficient (Wildman–Crippen LogP) is 0.650. The van der Waals surface area contributed by atoms with E-state index in [1.807, 2.05) is 0 Å². The van der Waals surface area contributed by atoms with Gasteiger partial charge in [-0.1, -0.05) is 25.7 Å². The zero-order valence-corrected chi connectivity index (χ0v) is 15.4. The number of carbonyl (C=O) groups excluding carboxylic acids is 2. The summed E-state index contributed by atoms with van der Waals surface area (Å²) in [6.45, 7) is 0. The maximum absolute atomic E-state index is 10.6. The third kappa shape index (κ3) is 7.72. The van der Waals surface area contributed by atoms with Crippen molar-refractivity contribution in [1.29, 1.82) is 0 Å². The van der Waals surface area contributed by atoms with E-state index in [0.717, 1.165) is 31.0 Å². The van der Waals surface area contributed by atoms with Gasteiger partial charge < -0.3 is 31.3 Å². The van der Waals surface area contributed by atoms with Crippen LogP contribution in [0.1, 0.15) is 41.6 Å². The molecule has 25 heavy (non-hydrogen) atoms. The van der Waals surface area contributed by atoms with Gasteiger partial charge in [0.1, 0.15) is 0 Å². The van der Waals surface area contributed by atoms with Crippen LogP contribution in [0.25, 0.3) is 11.5 Å². The topological polar surface area (TPSA) is 171 Å². The van der Waals surface area contributed by atoms with Gasteiger partial charge in [-0.15, -0.1) is 0 Å². The van der Waals surface area contributed by atoms with Crippen LogP contribution in [0.15, 0.2) is 18.2 Å². The van der Waals surface area contributed by atoms with Crippen molar-refractivity contribution in [2.45, 2.75) is 44.2 Å². The second-order valence-corrected chi connectivity index (χ2v) is 5.43. The fourth-order valence-corrected chi connectivity index (χ4v) is 2.33. The van der Waals surface area contributed by atoms with E-state index < -0.39 is 28.8 Å². The van der Waals surface area contributed by atoms with Gasteiger partial charge in [-0.2, -0.15) is 12.1 Å². The van der Waals surface area contributed by atoms with Gasteiger partial charge in [-0.25, -0.2) is 0 Å². The molecule has 142 valence electrons. The summed E-state index contributed by atoms with van der Waals surface area (Å²) in [5.41, 5.74) is 13.6. The molecule has 0 aliphatic heterocycles. The molecule has 1 aromatic carbocycles. The van der Waals surface area contributed by atoms with Crippen molar-refractivity contribution < 1.29 is 45.8 Å². The molecule has 0 heterocycles. The first-order valence-corrected chi connectivity index (χ1v) is 7.33. The minimum absolute atomic E-state index is 0. The summed E-state index contributed by atoms with van der Waals surface area (Å²) in [5.74, 6) is -3.12. The first-order valence-electron chi connectivity index (χ1n) is 7.33. The van der Waals surface area contributed by atoms with E-state index >= 15 is 0 Å². The van der Waals surface area contributed by atoms with Crippen molar-refractivity contribution in [3.8, 4) is 0 Å². The van der Waals surface area contributed by atoms with Crippen LogP contribution < -0.4 is 10.2 Å². The van der Waals surface area contributed by atoms with Gasteiger partial charge in [0.15, 0.2) is 0 Å². The van der Waals surface area contributed by atoms with Gasteiger partial charge in [0.2, 0.25) is 0 Å². The average molecular weight is 530 g/mol. The molecule has 0 amide bonds. The number of rotatable bonds is 4. The SMILES string of the molecule is O=C([O-])Cc1cc([N+](=O)[O-])ccc1C(=O)[O-].[NH-]C1CCCCC1[NH-].[Pt]. The molecule has 2 rings (SSSR count). The number of carbonyl (C=O) groups is 2. The Hall–Kier alpha value is -1.83. The molecule has 1 aromatic rings. The number of nitrogens with zero attached hydrogens (tertiary/aromatic N) is 1. The smallest absolute Gasteiger partial charge is 0.269 e. The Balaban J connectivity index is 0.000000540. The monoisotopic (exact) mass is 530 g/mol. The van der Waals surface area contributed by atoms with E-state index in [1.165, 1.54) is 12.8 Å². The number of carboxylic acids is 2. The van der Waals surface area contributed by atoms with Gasteiger partial charge in [0, 0.05) is 51.2 Å². The van der Waals surface area contributed by atoms with Crippen molar-refractivity contribution in [1.82, 2.24) is 0 Å². The summed E-state index contributed by atoms with van der Waals surface area (Å²) in [5, 5.41) is 31.3. The molecule has 0 saturated heterocycles. The molecule has 1 fully saturated rings. The molecule has 0 bridgehead atoms. The van der Waals surface area contributed by atoms with Crippen molar-refractivity contribution >= 4 is 17.6 Å². The number of aliphatic carboxylic acids is 1. The van der Waals surface area contributed by atoms with Crippen molar-refractivity contribution in [2.75, 3.05) is 0 Å². The molecule has 1 aliphatic carbocycles. The zero-order valence-electron chi connectivity index (χ0n) is 13.1. The maximum Gasteiger partial charge on any atom is 0.269 e. The third-order valence-electron chi connectivity index (χ3n) is 3.62. The van der Waals surface area contributed by atoms with Gasteiger partial charge in [-0.3, -0.25) is 10.1 Å². The Kier molecular flexibility index (Phi) is 10.1. The van der Waals surface area contributed by atoms with Gasteiger partial charge in [-0.05, 0) is 11.6 Å². The molecule has 1 saturated carbocycles. The van der Waals surface area contributed by atoms with Crippen molar-refractivity contribution in [2.24, 2.45) is 0 Å². The minimum atomic E-state index is -1.59. The molecule has 1 aliphatic rings. The Morgan fingerprint density at radius 3 is 2.00 bits per heavy atom. The number of nitro benzene ring substituents is 1. The van der Waals surface area contributed by atoms with Crippen molar-refractivity contribution in [3.63, 3.8) is 0 Å². The van der Waals surface area contributed by atoms with Crippen LogP contribution in [0.5, 0.6) is 0 Å². The molecule has 10 heteroatoms. The van der Waals surface area contributed by atoms with Crippen LogP contribution in [-0.4, -0.2) is 28.9 Å². The summed E-state index contributed by atoms with van der Waals surface area (Å²) >= 11 is 0. The number of nitrogens with one attached hydrogen (secondary N) is 2. The van der Waals surface area contributed by atoms with E-state index in [1.54, 1.807) is 0 Å². The van der Waals surface area contributed by atoms with Crippen LogP contribution in [0.4, 0.5) is 5.69 Å². The Labute approximate surface area is 158 Å². The number of carboxylic acid groups (broad SMARTS) is 2. The quantitative estimate of drug-likeness (QED) is 0.409. The summed E-state index contributed by atoms with van der Waals surface area (Å²) in [7, 11) is 0. The molecule has 0 aromatic heterocycles. The standard InChI is InChI=1S/C9H7NO6.C6H12N2.Pt/c11-8(12)4-5-3-6(10(15)16)1-2-7(5)9(13)14;7-5-3-1-2-4-6(5)8;/h1-3H,4H2,(H,11,12)(H,13,14);5-8H,1-4H2;/q;-2;/p-2. The zero-order chi connectivity index (χ0) is 18.3. The number of hydrogen-bond donors (Lipinski definition) is 0. The summed E-state index contributed by atoms with van der Waals surface area (Å²) in [6, 6.07) is 2.61. The average Bonchev–Trinajstić information content (AvgIpc) is 2.50. The second kappa shape index (κ2) is 10.9. The molecule has 9 nitrogen and oxygen atoms in total. The van der Waals surface area contributed by atoms with E-state index in [-0.39, 0.29) is 44.4 Å². The number of nitro groups is 1. The van der Waals surface area contributed by atoms with E-state index in [2.05, 4.69) is 0 Å². The predicted molar refractivity (Wildman–Crippen MR) is 80.8 cm³/mol. The Bertz CT molecular complexity index is 615. The van der Waals surface area contributed by atoms with Crippen LogP contribution in [0.3, 0.4) is 0 Å². The summed E-state index contributed by atoms with van der Waals surface area (Å²) in [4.78, 5) is 30.6. The molecule has 0 spiro atoms. The normalized spacial score (nSPS) is 19.0. The third-order valence-corrected chi connectivity index (χ3v) is 3.62. The second-order valence-electron chi connectivity index (χ2n) is 5.43. The first kappa shape index (κ1) is 23.2. The molecule has 2 N–H and O–H groups in total. The van der Waals surface area contributed by atoms with Crippen molar-refractivity contribution in [3.05, 3.63) is 50.9 Å². The maximum atomic E-state index is 10.6. The number of benzene rings is 1. The Morgan fingerprint density at radius 2 is 1.64 bits per heavy atom. The Morgan fingerprint density at radius 1 is 1.12 bits per heavy atom. The summed E-state index contributed by atoms with van der Waals surface area (Å²) < 4.78 is 0. The number of hydrogen-bond acceptors (Lipinski definition) is 6. The van der Waals surface area contributed by atoms with Crippen LogP contribution in [0.2, 0.25) is 0 Å². The fraction of sp³-hybridized carbons (Fsp3) is 0.467. The molecular formula is C15H17N3O6Pt-4. The molecule has 0 radical (unpaired) electrons. The van der Waals surface area contributed by atoms with Gasteiger partial charge in [0.05, 0.1) is 10.9 Å². The fourth-order valence-electron chi connectivity index (χ4n) is 2.33. The van der Waals surface area contributed by atoms with Crippen LogP contribution >= 0.6 is 0 Å². The van der Waals surface area contributed by atoms with Gasteiger partial charge >= 0.3 is 0 Å². The largest absolute Gasteiger partial charge is 0.676 e. The summed E-state index contributed by atoms with van der Waals surface area (Å²) in [6.07, 6.45) is 3.53. The van der Waals surface area contributed by atoms with E-state index in [9.17, 15) is 29.9 Å². The minimum Gasteiger partial charge on any atom is -0.676 e.